The zero-order valence-corrected chi connectivity index (χ0v) is 8.69. The first kappa shape index (κ1) is 11.5. The first-order valence-electron chi connectivity index (χ1n) is 4.91. The fourth-order valence-electron chi connectivity index (χ4n) is 1.11. The summed E-state index contributed by atoms with van der Waals surface area (Å²) >= 11 is 0. The van der Waals surface area contributed by atoms with Crippen LogP contribution in [-0.4, -0.2) is 30.8 Å². The molecule has 2 N–H and O–H groups in total. The fourth-order valence-corrected chi connectivity index (χ4v) is 1.11. The molecule has 0 radical (unpaired) electrons. The second-order valence-electron chi connectivity index (χ2n) is 3.03. The van der Waals surface area contributed by atoms with Crippen LogP contribution in [0.5, 0.6) is 5.75 Å². The van der Waals surface area contributed by atoms with Crippen LogP contribution in [0.25, 0.3) is 0 Å². The molecule has 0 aliphatic carbocycles. The molecule has 0 fully saturated rings. The Balaban J connectivity index is 2.39. The second-order valence-corrected chi connectivity index (χ2v) is 3.03. The lowest BCUT2D eigenvalue weighted by atomic mass is 10.2. The van der Waals surface area contributed by atoms with E-state index in [9.17, 15) is 4.79 Å². The third-order valence-corrected chi connectivity index (χ3v) is 1.90. The zero-order chi connectivity index (χ0) is 11.1. The predicted octanol–water partition coefficient (Wildman–Crippen LogP) is 1.37. The van der Waals surface area contributed by atoms with E-state index in [-0.39, 0.29) is 5.56 Å². The van der Waals surface area contributed by atoms with E-state index < -0.39 is 5.97 Å². The Labute approximate surface area is 88.9 Å². The third kappa shape index (κ3) is 3.99. The number of ether oxygens (including phenoxy) is 1. The molecular formula is C11H15NO3. The normalized spacial score (nSPS) is 9.93. The first-order chi connectivity index (χ1) is 7.24. The van der Waals surface area contributed by atoms with Crippen molar-refractivity contribution in [3.63, 3.8) is 0 Å². The molecule has 4 nitrogen and oxygen atoms in total. The number of carboxylic acid groups (broad SMARTS) is 1. The molecule has 0 heterocycles. The molecule has 0 saturated carbocycles. The smallest absolute Gasteiger partial charge is 0.335 e. The van der Waals surface area contributed by atoms with Crippen LogP contribution in [0.4, 0.5) is 0 Å². The summed E-state index contributed by atoms with van der Waals surface area (Å²) < 4.78 is 5.39. The van der Waals surface area contributed by atoms with Gasteiger partial charge < -0.3 is 15.2 Å². The minimum Gasteiger partial charge on any atom is -0.492 e. The number of nitrogens with one attached hydrogen (secondary N) is 1. The van der Waals surface area contributed by atoms with Gasteiger partial charge in [-0.15, -0.1) is 0 Å². The molecule has 0 atom stereocenters. The molecule has 1 aromatic rings. The van der Waals surface area contributed by atoms with Crippen molar-refractivity contribution in [2.24, 2.45) is 0 Å². The van der Waals surface area contributed by atoms with Crippen LogP contribution < -0.4 is 10.1 Å². The number of carbonyl (C=O) groups is 1. The van der Waals surface area contributed by atoms with Crippen molar-refractivity contribution in [1.82, 2.24) is 5.32 Å². The summed E-state index contributed by atoms with van der Waals surface area (Å²) in [4.78, 5) is 10.6. The van der Waals surface area contributed by atoms with E-state index in [0.29, 0.717) is 12.4 Å². The van der Waals surface area contributed by atoms with Crippen LogP contribution >= 0.6 is 0 Å². The van der Waals surface area contributed by atoms with Gasteiger partial charge in [0.15, 0.2) is 0 Å². The first-order valence-corrected chi connectivity index (χ1v) is 4.91. The number of hydrogen-bond donors (Lipinski definition) is 2. The molecule has 0 bridgehead atoms. The van der Waals surface area contributed by atoms with E-state index >= 15 is 0 Å². The average Bonchev–Trinajstić information content (AvgIpc) is 2.25. The van der Waals surface area contributed by atoms with Crippen molar-refractivity contribution in [2.45, 2.75) is 6.92 Å². The minimum atomic E-state index is -0.922. The van der Waals surface area contributed by atoms with E-state index in [1.165, 1.54) is 12.1 Å². The van der Waals surface area contributed by atoms with Crippen molar-refractivity contribution < 1.29 is 14.6 Å². The molecule has 0 saturated heterocycles. The molecule has 0 aromatic heterocycles. The minimum absolute atomic E-state index is 0.272. The topological polar surface area (TPSA) is 58.6 Å². The molecule has 0 spiro atoms. The second kappa shape index (κ2) is 6.03. The summed E-state index contributed by atoms with van der Waals surface area (Å²) in [5.74, 6) is -0.230. The third-order valence-electron chi connectivity index (χ3n) is 1.90. The number of carboxylic acids is 1. The van der Waals surface area contributed by atoms with Gasteiger partial charge in [0.2, 0.25) is 0 Å². The van der Waals surface area contributed by atoms with Gasteiger partial charge in [0.05, 0.1) is 5.56 Å². The van der Waals surface area contributed by atoms with Gasteiger partial charge >= 0.3 is 5.97 Å². The maximum Gasteiger partial charge on any atom is 0.335 e. The Morgan fingerprint density at radius 3 is 2.60 bits per heavy atom. The van der Waals surface area contributed by atoms with Crippen LogP contribution in [0, 0.1) is 0 Å². The lowest BCUT2D eigenvalue weighted by molar-refractivity contribution is 0.0697. The van der Waals surface area contributed by atoms with Crippen LogP contribution in [0.2, 0.25) is 0 Å². The number of rotatable bonds is 6. The van der Waals surface area contributed by atoms with Crippen LogP contribution in [0.1, 0.15) is 17.3 Å². The lowest BCUT2D eigenvalue weighted by Crippen LogP contribution is -2.20. The molecule has 1 rings (SSSR count). The molecule has 4 heteroatoms. The summed E-state index contributed by atoms with van der Waals surface area (Å²) in [6, 6.07) is 6.39. The average molecular weight is 209 g/mol. The zero-order valence-electron chi connectivity index (χ0n) is 8.69. The highest BCUT2D eigenvalue weighted by molar-refractivity contribution is 5.87. The Bertz CT molecular complexity index is 308. The van der Waals surface area contributed by atoms with E-state index in [2.05, 4.69) is 5.32 Å². The highest BCUT2D eigenvalue weighted by atomic mass is 16.5. The fraction of sp³-hybridized carbons (Fsp3) is 0.364. The van der Waals surface area contributed by atoms with Crippen molar-refractivity contribution >= 4 is 5.97 Å². The van der Waals surface area contributed by atoms with Crippen molar-refractivity contribution in [3.05, 3.63) is 29.8 Å². The van der Waals surface area contributed by atoms with E-state index in [1.54, 1.807) is 12.1 Å². The molecule has 0 unspecified atom stereocenters. The Hall–Kier alpha value is -1.55. The van der Waals surface area contributed by atoms with Gasteiger partial charge in [0.1, 0.15) is 12.4 Å². The predicted molar refractivity (Wildman–Crippen MR) is 57.4 cm³/mol. The molecule has 1 aromatic carbocycles. The van der Waals surface area contributed by atoms with Crippen molar-refractivity contribution in [2.75, 3.05) is 19.7 Å². The van der Waals surface area contributed by atoms with Crippen LogP contribution in [-0.2, 0) is 0 Å². The van der Waals surface area contributed by atoms with Gasteiger partial charge in [-0.1, -0.05) is 6.92 Å². The van der Waals surface area contributed by atoms with Gasteiger partial charge in [0.25, 0.3) is 0 Å². The highest BCUT2D eigenvalue weighted by Crippen LogP contribution is 2.11. The maximum absolute atomic E-state index is 10.6. The Morgan fingerprint density at radius 2 is 2.07 bits per heavy atom. The van der Waals surface area contributed by atoms with Gasteiger partial charge in [-0.25, -0.2) is 4.79 Å². The quantitative estimate of drug-likeness (QED) is 0.695. The summed E-state index contributed by atoms with van der Waals surface area (Å²) in [5, 5.41) is 11.8. The molecule has 82 valence electrons. The maximum atomic E-state index is 10.6. The number of hydrogen-bond acceptors (Lipinski definition) is 3. The van der Waals surface area contributed by atoms with Crippen LogP contribution in [0.3, 0.4) is 0 Å². The SMILES string of the molecule is CCNCCOc1ccc(C(=O)O)cc1. The molecule has 0 aliphatic rings. The van der Waals surface area contributed by atoms with Crippen molar-refractivity contribution in [1.29, 1.82) is 0 Å². The number of likely N-dealkylation sites (N-methyl/N-ethyl adjacent to an activating group) is 1. The molecule has 0 aliphatic heterocycles. The van der Waals surface area contributed by atoms with E-state index in [0.717, 1.165) is 13.1 Å². The van der Waals surface area contributed by atoms with E-state index in [4.69, 9.17) is 9.84 Å². The summed E-state index contributed by atoms with van der Waals surface area (Å²) in [7, 11) is 0. The highest BCUT2D eigenvalue weighted by Gasteiger charge is 2.01. The summed E-state index contributed by atoms with van der Waals surface area (Å²) in [5.41, 5.74) is 0.272. The van der Waals surface area contributed by atoms with Crippen LogP contribution in [0.15, 0.2) is 24.3 Å². The molecule has 15 heavy (non-hydrogen) atoms. The lowest BCUT2D eigenvalue weighted by Gasteiger charge is -2.06. The van der Waals surface area contributed by atoms with Gasteiger partial charge in [0, 0.05) is 6.54 Å². The van der Waals surface area contributed by atoms with Gasteiger partial charge in [-0.2, -0.15) is 0 Å². The monoisotopic (exact) mass is 209 g/mol. The van der Waals surface area contributed by atoms with Gasteiger partial charge in [-0.3, -0.25) is 0 Å². The van der Waals surface area contributed by atoms with Crippen molar-refractivity contribution in [3.8, 4) is 5.75 Å². The van der Waals surface area contributed by atoms with E-state index in [1.807, 2.05) is 6.92 Å². The standard InChI is InChI=1S/C11H15NO3/c1-2-12-7-8-15-10-5-3-9(4-6-10)11(13)14/h3-6,12H,2,7-8H2,1H3,(H,13,14). The Morgan fingerprint density at radius 1 is 1.40 bits per heavy atom. The summed E-state index contributed by atoms with van der Waals surface area (Å²) in [6.07, 6.45) is 0. The largest absolute Gasteiger partial charge is 0.492 e. The summed E-state index contributed by atoms with van der Waals surface area (Å²) in [6.45, 7) is 4.32. The Kier molecular flexibility index (Phi) is 4.63. The van der Waals surface area contributed by atoms with Gasteiger partial charge in [-0.05, 0) is 30.8 Å². The number of aromatic carboxylic acids is 1. The number of benzene rings is 1. The molecular weight excluding hydrogens is 194 g/mol. The molecule has 0 amide bonds.